The van der Waals surface area contributed by atoms with E-state index in [1.54, 1.807) is 32.5 Å². The summed E-state index contributed by atoms with van der Waals surface area (Å²) in [5.74, 6) is 2.16. The fraction of sp³-hybridized carbons (Fsp3) is 0.238. The van der Waals surface area contributed by atoms with E-state index in [0.29, 0.717) is 34.3 Å². The highest BCUT2D eigenvalue weighted by Crippen LogP contribution is 2.35. The van der Waals surface area contributed by atoms with Crippen LogP contribution in [0.15, 0.2) is 53.1 Å². The highest BCUT2D eigenvalue weighted by atomic mass is 16.5. The lowest BCUT2D eigenvalue weighted by molar-refractivity contribution is 0.0951. The van der Waals surface area contributed by atoms with Crippen molar-refractivity contribution in [3.63, 3.8) is 0 Å². The summed E-state index contributed by atoms with van der Waals surface area (Å²) in [5.41, 5.74) is 1.98. The Hall–Kier alpha value is -3.28. The van der Waals surface area contributed by atoms with Gasteiger partial charge in [0, 0.05) is 17.7 Å². The zero-order valence-corrected chi connectivity index (χ0v) is 15.2. The first-order valence-electron chi connectivity index (χ1n) is 8.78. The van der Waals surface area contributed by atoms with Gasteiger partial charge >= 0.3 is 0 Å². The van der Waals surface area contributed by atoms with Crippen molar-refractivity contribution in [3.05, 3.63) is 54.2 Å². The van der Waals surface area contributed by atoms with Crippen LogP contribution >= 0.6 is 0 Å². The van der Waals surface area contributed by atoms with E-state index in [1.807, 2.05) is 30.3 Å². The lowest BCUT2D eigenvalue weighted by Crippen LogP contribution is -2.25. The average molecular weight is 364 g/mol. The number of ether oxygens (including phenoxy) is 2. The number of hydrogen-bond acceptors (Lipinski definition) is 5. The van der Waals surface area contributed by atoms with Crippen LogP contribution in [-0.2, 0) is 0 Å². The molecule has 6 nitrogen and oxygen atoms in total. The van der Waals surface area contributed by atoms with Crippen LogP contribution in [0.1, 0.15) is 23.2 Å². The summed E-state index contributed by atoms with van der Waals surface area (Å²) in [5, 5.41) is 3.01. The van der Waals surface area contributed by atoms with Gasteiger partial charge in [-0.05, 0) is 37.1 Å². The van der Waals surface area contributed by atoms with Crippen molar-refractivity contribution >= 4 is 5.91 Å². The Balaban J connectivity index is 1.68. The number of rotatable bonds is 6. The van der Waals surface area contributed by atoms with Crippen molar-refractivity contribution in [1.29, 1.82) is 0 Å². The molecule has 27 heavy (non-hydrogen) atoms. The van der Waals surface area contributed by atoms with Gasteiger partial charge in [0.1, 0.15) is 11.5 Å². The Morgan fingerprint density at radius 1 is 1.11 bits per heavy atom. The number of nitrogens with zero attached hydrogens (tertiary/aromatic N) is 1. The standard InChI is InChI=1S/C21H20N2O4/c1-25-14-9-10-17(18(11-14)26-2)19-12-22-21(27-19)16-6-4-3-5-15(16)20(24)23-13-7-8-13/h3-6,9-13H,7-8H2,1-2H3,(H,23,24). The Bertz CT molecular complexity index is 976. The van der Waals surface area contributed by atoms with E-state index < -0.39 is 0 Å². The maximum atomic E-state index is 12.5. The molecule has 1 aliphatic carbocycles. The zero-order valence-electron chi connectivity index (χ0n) is 15.2. The highest BCUT2D eigenvalue weighted by molar-refractivity contribution is 6.00. The molecular weight excluding hydrogens is 344 g/mol. The van der Waals surface area contributed by atoms with E-state index in [1.165, 1.54) is 0 Å². The summed E-state index contributed by atoms with van der Waals surface area (Å²) in [4.78, 5) is 16.9. The molecule has 0 radical (unpaired) electrons. The van der Waals surface area contributed by atoms with Gasteiger partial charge in [-0.2, -0.15) is 0 Å². The number of nitrogens with one attached hydrogen (secondary N) is 1. The van der Waals surface area contributed by atoms with Crippen LogP contribution in [0, 0.1) is 0 Å². The monoisotopic (exact) mass is 364 g/mol. The number of carbonyl (C=O) groups excluding carboxylic acids is 1. The van der Waals surface area contributed by atoms with Crippen molar-refractivity contribution in [2.75, 3.05) is 14.2 Å². The van der Waals surface area contributed by atoms with Crippen LogP contribution in [0.2, 0.25) is 0 Å². The molecule has 1 fully saturated rings. The predicted molar refractivity (Wildman–Crippen MR) is 101 cm³/mol. The predicted octanol–water partition coefficient (Wildman–Crippen LogP) is 3.92. The first-order valence-corrected chi connectivity index (χ1v) is 8.78. The van der Waals surface area contributed by atoms with Crippen molar-refractivity contribution < 1.29 is 18.7 Å². The van der Waals surface area contributed by atoms with Gasteiger partial charge in [0.25, 0.3) is 5.91 Å². The summed E-state index contributed by atoms with van der Waals surface area (Å²) in [6.07, 6.45) is 3.71. The largest absolute Gasteiger partial charge is 0.497 e. The van der Waals surface area contributed by atoms with Crippen molar-refractivity contribution in [2.45, 2.75) is 18.9 Å². The minimum atomic E-state index is -0.102. The molecule has 1 saturated carbocycles. The second-order valence-electron chi connectivity index (χ2n) is 6.39. The fourth-order valence-electron chi connectivity index (χ4n) is 2.88. The number of methoxy groups -OCH3 is 2. The first kappa shape index (κ1) is 17.1. The first-order chi connectivity index (χ1) is 13.2. The molecule has 4 rings (SSSR count). The molecule has 1 aromatic heterocycles. The Morgan fingerprint density at radius 2 is 1.93 bits per heavy atom. The molecular formula is C21H20N2O4. The van der Waals surface area contributed by atoms with E-state index in [-0.39, 0.29) is 11.9 Å². The molecule has 6 heteroatoms. The third-order valence-electron chi connectivity index (χ3n) is 4.49. The van der Waals surface area contributed by atoms with E-state index in [4.69, 9.17) is 13.9 Å². The van der Waals surface area contributed by atoms with Crippen molar-refractivity contribution in [1.82, 2.24) is 10.3 Å². The number of aromatic nitrogens is 1. The minimum absolute atomic E-state index is 0.102. The van der Waals surface area contributed by atoms with Crippen LogP contribution in [0.5, 0.6) is 11.5 Å². The maximum Gasteiger partial charge on any atom is 0.252 e. The number of carbonyl (C=O) groups is 1. The summed E-state index contributed by atoms with van der Waals surface area (Å²) in [7, 11) is 3.19. The topological polar surface area (TPSA) is 73.6 Å². The number of benzene rings is 2. The SMILES string of the molecule is COc1ccc(-c2cnc(-c3ccccc3C(=O)NC3CC3)o2)c(OC)c1. The van der Waals surface area contributed by atoms with Crippen LogP contribution in [-0.4, -0.2) is 31.2 Å². The van der Waals surface area contributed by atoms with Crippen molar-refractivity contribution in [2.24, 2.45) is 0 Å². The molecule has 2 aromatic carbocycles. The maximum absolute atomic E-state index is 12.5. The van der Waals surface area contributed by atoms with Crippen LogP contribution < -0.4 is 14.8 Å². The zero-order chi connectivity index (χ0) is 18.8. The third-order valence-corrected chi connectivity index (χ3v) is 4.49. The van der Waals surface area contributed by atoms with Gasteiger partial charge < -0.3 is 19.2 Å². The molecule has 0 atom stereocenters. The van der Waals surface area contributed by atoms with E-state index >= 15 is 0 Å². The lowest BCUT2D eigenvalue weighted by Gasteiger charge is -2.08. The van der Waals surface area contributed by atoms with Crippen LogP contribution in [0.3, 0.4) is 0 Å². The van der Waals surface area contributed by atoms with Gasteiger partial charge in [-0.1, -0.05) is 12.1 Å². The molecule has 3 aromatic rings. The van der Waals surface area contributed by atoms with Gasteiger partial charge in [-0.3, -0.25) is 4.79 Å². The molecule has 0 saturated heterocycles. The molecule has 0 unspecified atom stereocenters. The van der Waals surface area contributed by atoms with E-state index in [0.717, 1.165) is 18.4 Å². The van der Waals surface area contributed by atoms with E-state index in [9.17, 15) is 4.79 Å². The second kappa shape index (κ2) is 7.15. The smallest absolute Gasteiger partial charge is 0.252 e. The average Bonchev–Trinajstić information content (AvgIpc) is 3.39. The number of amides is 1. The summed E-state index contributed by atoms with van der Waals surface area (Å²) in [6, 6.07) is 13.1. The van der Waals surface area contributed by atoms with Gasteiger partial charge in [0.2, 0.25) is 5.89 Å². The van der Waals surface area contributed by atoms with Gasteiger partial charge in [-0.15, -0.1) is 0 Å². The van der Waals surface area contributed by atoms with E-state index in [2.05, 4.69) is 10.3 Å². The molecule has 138 valence electrons. The molecule has 0 bridgehead atoms. The summed E-state index contributed by atoms with van der Waals surface area (Å²) in [6.45, 7) is 0. The third kappa shape index (κ3) is 3.51. The lowest BCUT2D eigenvalue weighted by atomic mass is 10.1. The Labute approximate surface area is 157 Å². The normalized spacial score (nSPS) is 13.3. The Kier molecular flexibility index (Phi) is 4.54. The van der Waals surface area contributed by atoms with Crippen molar-refractivity contribution in [3.8, 4) is 34.3 Å². The quantitative estimate of drug-likeness (QED) is 0.718. The number of oxazole rings is 1. The van der Waals surface area contributed by atoms with Gasteiger partial charge in [-0.25, -0.2) is 4.98 Å². The fourth-order valence-corrected chi connectivity index (χ4v) is 2.88. The Morgan fingerprint density at radius 3 is 2.67 bits per heavy atom. The minimum Gasteiger partial charge on any atom is -0.497 e. The van der Waals surface area contributed by atoms with Gasteiger partial charge in [0.05, 0.1) is 31.5 Å². The number of hydrogen-bond donors (Lipinski definition) is 1. The summed E-state index contributed by atoms with van der Waals surface area (Å²) < 4.78 is 16.6. The molecule has 1 heterocycles. The summed E-state index contributed by atoms with van der Waals surface area (Å²) >= 11 is 0. The second-order valence-corrected chi connectivity index (χ2v) is 6.39. The molecule has 1 aliphatic rings. The van der Waals surface area contributed by atoms with Crippen LogP contribution in [0.25, 0.3) is 22.8 Å². The molecule has 1 amide bonds. The van der Waals surface area contributed by atoms with Gasteiger partial charge in [0.15, 0.2) is 5.76 Å². The molecule has 0 aliphatic heterocycles. The van der Waals surface area contributed by atoms with Crippen LogP contribution in [0.4, 0.5) is 0 Å². The highest BCUT2D eigenvalue weighted by Gasteiger charge is 2.25. The molecule has 1 N–H and O–H groups in total. The molecule has 0 spiro atoms.